The number of nitrogens with zero attached hydrogens (tertiary/aromatic N) is 3. The Kier molecular flexibility index (Phi) is 3.90. The summed E-state index contributed by atoms with van der Waals surface area (Å²) in [6, 6.07) is 0. The van der Waals surface area contributed by atoms with Gasteiger partial charge in [-0.1, -0.05) is 5.16 Å². The molecule has 2 aliphatic rings. The number of aromatic nitrogens is 2. The zero-order valence-corrected chi connectivity index (χ0v) is 12.0. The van der Waals surface area contributed by atoms with Crippen LogP contribution in [0.4, 0.5) is 0 Å². The number of amides is 2. The van der Waals surface area contributed by atoms with Gasteiger partial charge in [-0.2, -0.15) is 4.98 Å². The van der Waals surface area contributed by atoms with E-state index >= 15 is 0 Å². The zero-order valence-electron chi connectivity index (χ0n) is 12.0. The highest BCUT2D eigenvalue weighted by atomic mass is 16.5. The Hall–Kier alpha value is -1.92. The second-order valence-electron chi connectivity index (χ2n) is 5.90. The van der Waals surface area contributed by atoms with Gasteiger partial charge in [0, 0.05) is 31.8 Å². The van der Waals surface area contributed by atoms with Crippen LogP contribution < -0.4 is 5.73 Å². The summed E-state index contributed by atoms with van der Waals surface area (Å²) in [6.07, 6.45) is 4.71. The van der Waals surface area contributed by atoms with E-state index < -0.39 is 0 Å². The molecular formula is C14H20N4O3. The molecule has 1 aromatic heterocycles. The lowest BCUT2D eigenvalue weighted by Gasteiger charge is -2.15. The zero-order chi connectivity index (χ0) is 14.8. The van der Waals surface area contributed by atoms with Gasteiger partial charge in [0.05, 0.1) is 5.92 Å². The lowest BCUT2D eigenvalue weighted by atomic mass is 10.1. The van der Waals surface area contributed by atoms with Crippen molar-refractivity contribution in [1.82, 2.24) is 15.0 Å². The molecule has 21 heavy (non-hydrogen) atoms. The first-order valence-corrected chi connectivity index (χ1v) is 7.53. The first kappa shape index (κ1) is 14.0. The van der Waals surface area contributed by atoms with Crippen molar-refractivity contribution in [3.8, 4) is 0 Å². The van der Waals surface area contributed by atoms with Crippen molar-refractivity contribution < 1.29 is 14.1 Å². The Bertz CT molecular complexity index is 538. The van der Waals surface area contributed by atoms with Crippen LogP contribution in [0.15, 0.2) is 4.52 Å². The molecule has 1 aromatic rings. The third-order valence-corrected chi connectivity index (χ3v) is 4.15. The van der Waals surface area contributed by atoms with Crippen LogP contribution in [-0.4, -0.2) is 39.9 Å². The fourth-order valence-electron chi connectivity index (χ4n) is 2.64. The molecule has 2 heterocycles. The number of likely N-dealkylation sites (tertiary alicyclic amines) is 1. The Morgan fingerprint density at radius 2 is 2.14 bits per heavy atom. The predicted molar refractivity (Wildman–Crippen MR) is 73.1 cm³/mol. The number of aryl methyl sites for hydroxylation is 1. The number of carbonyl (C=O) groups is 2. The second-order valence-corrected chi connectivity index (χ2v) is 5.90. The molecule has 7 heteroatoms. The van der Waals surface area contributed by atoms with E-state index in [2.05, 4.69) is 10.1 Å². The van der Waals surface area contributed by atoms with Crippen LogP contribution in [0.25, 0.3) is 0 Å². The minimum absolute atomic E-state index is 0.0701. The lowest BCUT2D eigenvalue weighted by Crippen LogP contribution is -2.31. The minimum Gasteiger partial charge on any atom is -0.369 e. The molecule has 2 amide bonds. The van der Waals surface area contributed by atoms with Gasteiger partial charge in [-0.05, 0) is 25.7 Å². The molecule has 3 rings (SSSR count). The summed E-state index contributed by atoms with van der Waals surface area (Å²) in [5, 5.41) is 3.95. The third-order valence-electron chi connectivity index (χ3n) is 4.15. The molecule has 1 atom stereocenters. The molecule has 0 radical (unpaired) electrons. The van der Waals surface area contributed by atoms with Gasteiger partial charge in [0.2, 0.25) is 17.7 Å². The standard InChI is InChI=1S/C14H20N4O3/c15-13(20)10-6-7-18(8-10)12(19)3-1-2-11-16-14(17-21-11)9-4-5-9/h9-10H,1-8H2,(H2,15,20). The molecule has 1 saturated carbocycles. The van der Waals surface area contributed by atoms with Crippen LogP contribution in [0.3, 0.4) is 0 Å². The molecule has 7 nitrogen and oxygen atoms in total. The highest BCUT2D eigenvalue weighted by Gasteiger charge is 2.30. The summed E-state index contributed by atoms with van der Waals surface area (Å²) in [7, 11) is 0. The first-order valence-electron chi connectivity index (χ1n) is 7.53. The van der Waals surface area contributed by atoms with Gasteiger partial charge in [-0.25, -0.2) is 0 Å². The molecule has 2 fully saturated rings. The number of nitrogens with two attached hydrogens (primary N) is 1. The maximum absolute atomic E-state index is 12.0. The van der Waals surface area contributed by atoms with E-state index in [-0.39, 0.29) is 17.7 Å². The van der Waals surface area contributed by atoms with E-state index in [4.69, 9.17) is 10.3 Å². The van der Waals surface area contributed by atoms with Crippen molar-refractivity contribution in [1.29, 1.82) is 0 Å². The van der Waals surface area contributed by atoms with Crippen LogP contribution in [-0.2, 0) is 16.0 Å². The molecule has 2 N–H and O–H groups in total. The van der Waals surface area contributed by atoms with Gasteiger partial charge < -0.3 is 15.2 Å². The monoisotopic (exact) mass is 292 g/mol. The van der Waals surface area contributed by atoms with E-state index in [1.54, 1.807) is 4.90 Å². The van der Waals surface area contributed by atoms with Crippen LogP contribution in [0, 0.1) is 5.92 Å². The summed E-state index contributed by atoms with van der Waals surface area (Å²) in [5.74, 6) is 1.47. The number of rotatable bonds is 6. The van der Waals surface area contributed by atoms with Crippen LogP contribution >= 0.6 is 0 Å². The molecule has 114 valence electrons. The highest BCUT2D eigenvalue weighted by Crippen LogP contribution is 2.38. The fraction of sp³-hybridized carbons (Fsp3) is 0.714. The van der Waals surface area contributed by atoms with Crippen molar-refractivity contribution in [3.63, 3.8) is 0 Å². The fourth-order valence-corrected chi connectivity index (χ4v) is 2.64. The summed E-state index contributed by atoms with van der Waals surface area (Å²) in [4.78, 5) is 29.2. The Morgan fingerprint density at radius 1 is 1.33 bits per heavy atom. The van der Waals surface area contributed by atoms with E-state index in [0.29, 0.717) is 50.6 Å². The predicted octanol–water partition coefficient (Wildman–Crippen LogP) is 0.603. The van der Waals surface area contributed by atoms with Crippen LogP contribution in [0.5, 0.6) is 0 Å². The minimum atomic E-state index is -0.316. The van der Waals surface area contributed by atoms with Crippen molar-refractivity contribution in [2.75, 3.05) is 13.1 Å². The van der Waals surface area contributed by atoms with Gasteiger partial charge in [0.15, 0.2) is 5.82 Å². The molecule has 1 saturated heterocycles. The van der Waals surface area contributed by atoms with Gasteiger partial charge in [0.25, 0.3) is 0 Å². The first-order chi connectivity index (χ1) is 10.1. The Morgan fingerprint density at radius 3 is 2.81 bits per heavy atom. The average molecular weight is 292 g/mol. The number of hydrogen-bond acceptors (Lipinski definition) is 5. The number of carbonyl (C=O) groups excluding carboxylic acids is 2. The van der Waals surface area contributed by atoms with E-state index in [0.717, 1.165) is 18.7 Å². The van der Waals surface area contributed by atoms with Crippen LogP contribution in [0.2, 0.25) is 0 Å². The lowest BCUT2D eigenvalue weighted by molar-refractivity contribution is -0.130. The van der Waals surface area contributed by atoms with Crippen molar-refractivity contribution in [3.05, 3.63) is 11.7 Å². The molecule has 1 unspecified atom stereocenters. The average Bonchev–Trinajstić information content (AvgIpc) is 3.01. The topological polar surface area (TPSA) is 102 Å². The maximum atomic E-state index is 12.0. The molecule has 1 aliphatic carbocycles. The number of primary amides is 1. The van der Waals surface area contributed by atoms with Gasteiger partial charge in [-0.15, -0.1) is 0 Å². The SMILES string of the molecule is NC(=O)C1CCN(C(=O)CCCc2nc(C3CC3)no2)C1. The molecule has 0 bridgehead atoms. The molecule has 0 aromatic carbocycles. The third kappa shape index (κ3) is 3.40. The second kappa shape index (κ2) is 5.83. The maximum Gasteiger partial charge on any atom is 0.226 e. The van der Waals surface area contributed by atoms with Gasteiger partial charge in [-0.3, -0.25) is 9.59 Å². The normalized spacial score (nSPS) is 21.7. The van der Waals surface area contributed by atoms with Crippen molar-refractivity contribution >= 4 is 11.8 Å². The van der Waals surface area contributed by atoms with Gasteiger partial charge >= 0.3 is 0 Å². The van der Waals surface area contributed by atoms with E-state index in [1.165, 1.54) is 0 Å². The van der Waals surface area contributed by atoms with E-state index in [1.807, 2.05) is 0 Å². The van der Waals surface area contributed by atoms with Crippen molar-refractivity contribution in [2.24, 2.45) is 11.7 Å². The van der Waals surface area contributed by atoms with E-state index in [9.17, 15) is 9.59 Å². The Balaban J connectivity index is 1.40. The van der Waals surface area contributed by atoms with Crippen molar-refractivity contribution in [2.45, 2.75) is 44.4 Å². The van der Waals surface area contributed by atoms with Gasteiger partial charge in [0.1, 0.15) is 0 Å². The Labute approximate surface area is 122 Å². The largest absolute Gasteiger partial charge is 0.369 e. The summed E-state index contributed by atoms with van der Waals surface area (Å²) >= 11 is 0. The summed E-state index contributed by atoms with van der Waals surface area (Å²) in [6.45, 7) is 1.08. The summed E-state index contributed by atoms with van der Waals surface area (Å²) < 4.78 is 5.17. The summed E-state index contributed by atoms with van der Waals surface area (Å²) in [5.41, 5.74) is 5.26. The number of hydrogen-bond donors (Lipinski definition) is 1. The van der Waals surface area contributed by atoms with Crippen LogP contribution in [0.1, 0.15) is 49.7 Å². The quantitative estimate of drug-likeness (QED) is 0.827. The molecule has 0 spiro atoms. The smallest absolute Gasteiger partial charge is 0.226 e. The molecular weight excluding hydrogens is 272 g/mol. The molecule has 1 aliphatic heterocycles. The highest BCUT2D eigenvalue weighted by molar-refractivity contribution is 5.81.